The normalized spacial score (nSPS) is 37.0. The van der Waals surface area contributed by atoms with Gasteiger partial charge in [-0.25, -0.2) is 26.3 Å². The molecule has 0 radical (unpaired) electrons. The number of rotatable bonds is 8. The first-order valence-electron chi connectivity index (χ1n) is 15.2. The molecule has 5 rings (SSSR count). The van der Waals surface area contributed by atoms with Gasteiger partial charge in [-0.05, 0) is 54.7 Å². The van der Waals surface area contributed by atoms with Crippen molar-refractivity contribution in [1.29, 1.82) is 0 Å². The largest absolute Gasteiger partial charge is 0.487 e. The zero-order valence-electron chi connectivity index (χ0n) is 26.4. The minimum absolute atomic E-state index is 0.0272. The summed E-state index contributed by atoms with van der Waals surface area (Å²) in [6.07, 6.45) is 1.27. The van der Waals surface area contributed by atoms with Gasteiger partial charge in [-0.2, -0.15) is 5.10 Å². The number of ketones is 1. The Morgan fingerprint density at radius 2 is 1.98 bits per heavy atom. The lowest BCUT2D eigenvalue weighted by molar-refractivity contribution is -0.211. The Hall–Kier alpha value is -3.33. The number of carbonyl (C=O) groups is 3. The summed E-state index contributed by atoms with van der Waals surface area (Å²) in [6.45, 7) is 11.1. The van der Waals surface area contributed by atoms with Crippen LogP contribution in [-0.2, 0) is 33.9 Å². The number of sulfonamides is 1. The smallest absolute Gasteiger partial charge is 0.479 e. The van der Waals surface area contributed by atoms with Crippen LogP contribution < -0.4 is 10.2 Å². The molecule has 0 amide bonds. The Morgan fingerprint density at radius 3 is 2.61 bits per heavy atom. The van der Waals surface area contributed by atoms with Crippen molar-refractivity contribution in [1.82, 2.24) is 4.33 Å². The fraction of sp³-hybridized carbons (Fsp3) is 0.613. The molecule has 15 heteroatoms. The maximum atomic E-state index is 15.5. The van der Waals surface area contributed by atoms with Crippen molar-refractivity contribution in [2.24, 2.45) is 39.1 Å². The van der Waals surface area contributed by atoms with Crippen LogP contribution in [0, 0.1) is 39.8 Å². The van der Waals surface area contributed by atoms with Crippen LogP contribution in [0.2, 0.25) is 0 Å². The van der Waals surface area contributed by atoms with Gasteiger partial charge in [-0.15, -0.1) is 6.58 Å². The Balaban J connectivity index is 1.47. The molecule has 250 valence electrons. The molecular formula is C31H39BF2N2O9S. The summed E-state index contributed by atoms with van der Waals surface area (Å²) in [4.78, 5) is 38.8. The van der Waals surface area contributed by atoms with Gasteiger partial charge >= 0.3 is 13.0 Å². The number of hydrogen-bond acceptors (Lipinski definition) is 10. The van der Waals surface area contributed by atoms with Gasteiger partial charge in [0, 0.05) is 28.1 Å². The quantitative estimate of drug-likeness (QED) is 0.192. The Morgan fingerprint density at radius 1 is 1.28 bits per heavy atom. The van der Waals surface area contributed by atoms with E-state index >= 15 is 8.78 Å². The van der Waals surface area contributed by atoms with Crippen molar-refractivity contribution in [2.75, 3.05) is 12.9 Å². The molecule has 1 aliphatic heterocycles. The van der Waals surface area contributed by atoms with Gasteiger partial charge in [0.2, 0.25) is 10.0 Å². The van der Waals surface area contributed by atoms with Crippen molar-refractivity contribution < 1.29 is 50.8 Å². The summed E-state index contributed by atoms with van der Waals surface area (Å²) >= 11 is 0. The first kappa shape index (κ1) is 34.0. The summed E-state index contributed by atoms with van der Waals surface area (Å²) in [5.41, 5.74) is -3.08. The lowest BCUT2D eigenvalue weighted by atomic mass is 9.44. The minimum Gasteiger partial charge on any atom is -0.479 e. The molecule has 0 aromatic heterocycles. The fourth-order valence-electron chi connectivity index (χ4n) is 8.72. The van der Waals surface area contributed by atoms with Gasteiger partial charge in [0.05, 0.1) is 12.5 Å². The number of benzene rings is 1. The molecule has 1 heterocycles. The summed E-state index contributed by atoms with van der Waals surface area (Å²) in [5, 5.41) is 14.2. The number of alkyl halides is 1. The van der Waals surface area contributed by atoms with Gasteiger partial charge in [0.15, 0.2) is 30.1 Å². The van der Waals surface area contributed by atoms with Crippen LogP contribution in [0.3, 0.4) is 0 Å². The van der Waals surface area contributed by atoms with E-state index in [2.05, 4.69) is 11.7 Å². The molecule has 0 saturated heterocycles. The van der Waals surface area contributed by atoms with Crippen LogP contribution >= 0.6 is 0 Å². The van der Waals surface area contributed by atoms with Crippen molar-refractivity contribution in [3.63, 3.8) is 0 Å². The predicted octanol–water partition coefficient (Wildman–Crippen LogP) is 2.54. The number of esters is 1. The molecule has 46 heavy (non-hydrogen) atoms. The molecule has 0 unspecified atom stereocenters. The van der Waals surface area contributed by atoms with Crippen LogP contribution in [0.5, 0.6) is 5.75 Å². The predicted molar refractivity (Wildman–Crippen MR) is 164 cm³/mol. The highest BCUT2D eigenvalue weighted by atomic mass is 32.2. The van der Waals surface area contributed by atoms with Crippen LogP contribution in [0.4, 0.5) is 8.78 Å². The fourth-order valence-corrected chi connectivity index (χ4v) is 9.41. The van der Waals surface area contributed by atoms with Gasteiger partial charge in [0.1, 0.15) is 12.2 Å². The number of carbonyl (C=O) groups excluding carboxylic acids is 3. The molecule has 9 atom stereocenters. The Kier molecular flexibility index (Phi) is 8.67. The third kappa shape index (κ3) is 5.13. The van der Waals surface area contributed by atoms with E-state index in [1.807, 2.05) is 27.7 Å². The number of hydrazone groups is 1. The molecule has 1 aromatic rings. The molecule has 11 nitrogen and oxygen atoms in total. The zero-order valence-corrected chi connectivity index (χ0v) is 27.3. The van der Waals surface area contributed by atoms with E-state index in [1.54, 1.807) is 6.08 Å². The molecule has 3 aliphatic carbocycles. The molecule has 0 spiro atoms. The van der Waals surface area contributed by atoms with Crippen LogP contribution in [0.15, 0.2) is 29.9 Å². The highest BCUT2D eigenvalue weighted by molar-refractivity contribution is 7.89. The van der Waals surface area contributed by atoms with E-state index in [9.17, 15) is 27.8 Å². The summed E-state index contributed by atoms with van der Waals surface area (Å²) in [7, 11) is -5.99. The second-order valence-corrected chi connectivity index (χ2v) is 15.5. The lowest BCUT2D eigenvalue weighted by Gasteiger charge is -2.61. The zero-order chi connectivity index (χ0) is 34.0. The summed E-state index contributed by atoms with van der Waals surface area (Å²) in [6, 6.07) is 2.56. The Bertz CT molecular complexity index is 1590. The number of hydrogen-bond donors (Lipinski definition) is 1. The van der Waals surface area contributed by atoms with E-state index in [-0.39, 0.29) is 24.3 Å². The maximum absolute atomic E-state index is 15.5. The first-order chi connectivity index (χ1) is 21.5. The van der Waals surface area contributed by atoms with E-state index in [4.69, 9.17) is 14.2 Å². The van der Waals surface area contributed by atoms with E-state index < -0.39 is 98.9 Å². The van der Waals surface area contributed by atoms with Crippen molar-refractivity contribution >= 4 is 47.0 Å². The average molecular weight is 665 g/mol. The highest BCUT2D eigenvalue weighted by Gasteiger charge is 2.71. The first-order valence-corrected chi connectivity index (χ1v) is 17.1. The average Bonchev–Trinajstić information content (AvgIpc) is 3.26. The van der Waals surface area contributed by atoms with Crippen molar-refractivity contribution in [2.45, 2.75) is 71.8 Å². The van der Waals surface area contributed by atoms with Gasteiger partial charge < -0.3 is 19.2 Å². The minimum atomic E-state index is -4.03. The van der Waals surface area contributed by atoms with E-state index in [0.29, 0.717) is 23.6 Å². The van der Waals surface area contributed by atoms with Gasteiger partial charge in [0.25, 0.3) is 6.47 Å². The molecule has 1 N–H and O–H groups in total. The third-order valence-corrected chi connectivity index (χ3v) is 12.3. The summed E-state index contributed by atoms with van der Waals surface area (Å²) in [5.74, 6) is -4.38. The second-order valence-electron chi connectivity index (χ2n) is 13.7. The van der Waals surface area contributed by atoms with E-state index in [1.165, 1.54) is 12.1 Å². The molecule has 2 bridgehead atoms. The van der Waals surface area contributed by atoms with Gasteiger partial charge in [-0.3, -0.25) is 9.59 Å². The number of fused-ring (bicyclic) bond motifs is 1. The standard InChI is InChI=1S/C31H39BF2N2O9S/c1-7-29(4)13-22(30(5)17(2)10-11-31(18(3)28(29)44-16-37)12-20(33)26(39)27(30)31)45-23(38)15-43-21-9-8-19-14-35-36(46(6,41)42)32(40)24(19)25(21)34/h7-9,14,16-18,20,22,27-28,40H,1,10-13,15H2,2-6H3/t17-,18-,20-,22+,27-,28-,29+,30-,31-/m0/s1. The topological polar surface area (TPSA) is 149 Å². The molecule has 3 fully saturated rings. The van der Waals surface area contributed by atoms with Crippen LogP contribution in [-0.4, -0.2) is 80.5 Å². The van der Waals surface area contributed by atoms with Crippen molar-refractivity contribution in [3.05, 3.63) is 36.2 Å². The Labute approximate surface area is 267 Å². The molecule has 3 saturated carbocycles. The highest BCUT2D eigenvalue weighted by Crippen LogP contribution is 2.68. The second kappa shape index (κ2) is 11.7. The number of Topliss-reactive ketones (excluding diaryl/α,β-unsaturated/α-hetero) is 1. The maximum Gasteiger partial charge on any atom is 0.487 e. The lowest BCUT2D eigenvalue weighted by Crippen LogP contribution is -2.63. The SMILES string of the molecule is C=C[C@]1(C)C[C@@H](OC(=O)COc2ccc3c(c2F)B(O)N(S(C)(=O)=O)N=C3)[C@@]2(C)[C@@H]3C(=O)[C@@H](F)C[C@@]3(CC[C@@H]2C)[C@@H](C)[C@@H]1OC=O. The third-order valence-electron chi connectivity index (χ3n) is 11.4. The number of ether oxygens (including phenoxy) is 3. The molecule has 4 aliphatic rings. The molecular weight excluding hydrogens is 625 g/mol. The van der Waals surface area contributed by atoms with Crippen molar-refractivity contribution in [3.8, 4) is 5.75 Å². The summed E-state index contributed by atoms with van der Waals surface area (Å²) < 4.78 is 72.5. The number of halogens is 2. The monoisotopic (exact) mass is 664 g/mol. The van der Waals surface area contributed by atoms with E-state index in [0.717, 1.165) is 12.5 Å². The van der Waals surface area contributed by atoms with Crippen LogP contribution in [0.25, 0.3) is 0 Å². The molecule has 1 aromatic carbocycles. The van der Waals surface area contributed by atoms with Gasteiger partial charge in [-0.1, -0.05) is 33.8 Å². The van der Waals surface area contributed by atoms with Crippen LogP contribution in [0.1, 0.15) is 58.9 Å². The number of nitrogens with zero attached hydrogens (tertiary/aromatic N) is 2.